The first-order chi connectivity index (χ1) is 12.1. The number of amides is 1. The van der Waals surface area contributed by atoms with Gasteiger partial charge in [0.15, 0.2) is 5.78 Å². The molecule has 1 aliphatic rings. The fourth-order valence-electron chi connectivity index (χ4n) is 3.16. The van der Waals surface area contributed by atoms with Crippen molar-refractivity contribution in [1.82, 2.24) is 4.90 Å². The van der Waals surface area contributed by atoms with Crippen LogP contribution in [0.15, 0.2) is 54.6 Å². The van der Waals surface area contributed by atoms with Gasteiger partial charge in [-0.3, -0.25) is 14.5 Å². The van der Waals surface area contributed by atoms with Crippen LogP contribution in [0.4, 0.5) is 5.69 Å². The molecule has 0 unspecified atom stereocenters. The summed E-state index contributed by atoms with van der Waals surface area (Å²) in [6.45, 7) is 1.93. The normalized spacial score (nSPS) is 15.7. The van der Waals surface area contributed by atoms with Crippen LogP contribution in [-0.2, 0) is 4.79 Å². The molecule has 0 saturated carbocycles. The molecule has 0 atom stereocenters. The average molecular weight is 448 g/mol. The summed E-state index contributed by atoms with van der Waals surface area (Å²) in [6, 6.07) is 17.2. The van der Waals surface area contributed by atoms with Gasteiger partial charge >= 0.3 is 0 Å². The quantitative estimate of drug-likeness (QED) is 0.559. The first-order valence-corrected chi connectivity index (χ1v) is 9.57. The zero-order valence-electron chi connectivity index (χ0n) is 14.0. The summed E-state index contributed by atoms with van der Waals surface area (Å²) in [6.07, 6.45) is 1.62. The third-order valence-electron chi connectivity index (χ3n) is 4.49. The van der Waals surface area contributed by atoms with E-state index in [0.717, 1.165) is 40.8 Å². The number of ketones is 1. The van der Waals surface area contributed by atoms with Crippen LogP contribution in [0.2, 0.25) is 0 Å². The van der Waals surface area contributed by atoms with Crippen molar-refractivity contribution in [3.05, 3.63) is 63.7 Å². The second kappa shape index (κ2) is 8.58. The summed E-state index contributed by atoms with van der Waals surface area (Å²) < 4.78 is 1.09. The number of halogens is 1. The van der Waals surface area contributed by atoms with E-state index in [9.17, 15) is 9.59 Å². The summed E-state index contributed by atoms with van der Waals surface area (Å²) >= 11 is 2.23. The summed E-state index contributed by atoms with van der Waals surface area (Å²) in [7, 11) is 0. The van der Waals surface area contributed by atoms with Crippen LogP contribution >= 0.6 is 22.6 Å². The monoisotopic (exact) mass is 448 g/mol. The minimum absolute atomic E-state index is 0.00478. The van der Waals surface area contributed by atoms with Crippen LogP contribution < -0.4 is 5.32 Å². The van der Waals surface area contributed by atoms with Crippen LogP contribution in [-0.4, -0.2) is 36.2 Å². The molecule has 130 valence electrons. The molecule has 2 aromatic rings. The van der Waals surface area contributed by atoms with Crippen molar-refractivity contribution in [2.75, 3.05) is 25.0 Å². The molecule has 1 fully saturated rings. The molecule has 1 aliphatic heterocycles. The van der Waals surface area contributed by atoms with E-state index in [-0.39, 0.29) is 17.6 Å². The molecule has 1 amide bonds. The Kier molecular flexibility index (Phi) is 6.20. The minimum atomic E-state index is -0.00478. The predicted molar refractivity (Wildman–Crippen MR) is 108 cm³/mol. The van der Waals surface area contributed by atoms with E-state index in [4.69, 9.17) is 0 Å². The van der Waals surface area contributed by atoms with Gasteiger partial charge in [-0.2, -0.15) is 0 Å². The molecule has 5 heteroatoms. The molecule has 0 bridgehead atoms. The van der Waals surface area contributed by atoms with Gasteiger partial charge in [-0.05, 0) is 66.7 Å². The van der Waals surface area contributed by atoms with Crippen LogP contribution in [0.3, 0.4) is 0 Å². The highest BCUT2D eigenvalue weighted by Crippen LogP contribution is 2.22. The van der Waals surface area contributed by atoms with Crippen molar-refractivity contribution in [2.45, 2.75) is 12.8 Å². The van der Waals surface area contributed by atoms with E-state index in [1.165, 1.54) is 0 Å². The Bertz CT molecular complexity index is 740. The third-order valence-corrected chi connectivity index (χ3v) is 5.16. The lowest BCUT2D eigenvalue weighted by molar-refractivity contribution is -0.117. The molecule has 4 nitrogen and oxygen atoms in total. The Labute approximate surface area is 161 Å². The SMILES string of the molecule is O=C(CN1CCC(C(=O)c2ccccc2)CC1)Nc1cccc(I)c1. The number of rotatable bonds is 5. The highest BCUT2D eigenvalue weighted by atomic mass is 127. The lowest BCUT2D eigenvalue weighted by atomic mass is 9.89. The maximum Gasteiger partial charge on any atom is 0.238 e. The fraction of sp³-hybridized carbons (Fsp3) is 0.300. The highest BCUT2D eigenvalue weighted by molar-refractivity contribution is 14.1. The van der Waals surface area contributed by atoms with Crippen LogP contribution in [0, 0.1) is 9.49 Å². The van der Waals surface area contributed by atoms with Crippen molar-refractivity contribution < 1.29 is 9.59 Å². The van der Waals surface area contributed by atoms with Gasteiger partial charge in [0.2, 0.25) is 5.91 Å². The van der Waals surface area contributed by atoms with Gasteiger partial charge in [-0.1, -0.05) is 36.4 Å². The molecule has 0 aliphatic carbocycles. The summed E-state index contributed by atoms with van der Waals surface area (Å²) in [5, 5.41) is 2.94. The molecule has 0 radical (unpaired) electrons. The van der Waals surface area contributed by atoms with E-state index in [0.29, 0.717) is 6.54 Å². The first-order valence-electron chi connectivity index (χ1n) is 8.49. The van der Waals surface area contributed by atoms with Gasteiger partial charge in [0.1, 0.15) is 0 Å². The maximum absolute atomic E-state index is 12.5. The topological polar surface area (TPSA) is 49.4 Å². The molecule has 0 spiro atoms. The summed E-state index contributed by atoms with van der Waals surface area (Å²) in [5.41, 5.74) is 1.61. The van der Waals surface area contributed by atoms with Crippen molar-refractivity contribution in [3.63, 3.8) is 0 Å². The zero-order chi connectivity index (χ0) is 17.6. The van der Waals surface area contributed by atoms with Crippen molar-refractivity contribution in [3.8, 4) is 0 Å². The Morgan fingerprint density at radius 2 is 1.76 bits per heavy atom. The molecule has 1 heterocycles. The first kappa shape index (κ1) is 18.1. The average Bonchev–Trinajstić information content (AvgIpc) is 2.62. The number of anilines is 1. The number of Topliss-reactive ketones (excluding diaryl/α,β-unsaturated/α-hetero) is 1. The van der Waals surface area contributed by atoms with Gasteiger partial charge in [-0.25, -0.2) is 0 Å². The van der Waals surface area contributed by atoms with Gasteiger partial charge < -0.3 is 5.32 Å². The maximum atomic E-state index is 12.5. The molecule has 2 aromatic carbocycles. The van der Waals surface area contributed by atoms with E-state index < -0.39 is 0 Å². The Balaban J connectivity index is 1.47. The number of carbonyl (C=O) groups is 2. The van der Waals surface area contributed by atoms with Gasteiger partial charge in [0.05, 0.1) is 6.54 Å². The van der Waals surface area contributed by atoms with Gasteiger partial charge in [0, 0.05) is 20.7 Å². The van der Waals surface area contributed by atoms with Crippen molar-refractivity contribution in [2.24, 2.45) is 5.92 Å². The number of nitrogens with one attached hydrogen (secondary N) is 1. The van der Waals surface area contributed by atoms with E-state index in [1.54, 1.807) is 0 Å². The van der Waals surface area contributed by atoms with E-state index in [2.05, 4.69) is 32.8 Å². The fourth-order valence-corrected chi connectivity index (χ4v) is 3.70. The Morgan fingerprint density at radius 3 is 2.44 bits per heavy atom. The lowest BCUT2D eigenvalue weighted by Crippen LogP contribution is -2.40. The second-order valence-corrected chi connectivity index (χ2v) is 7.58. The molecule has 25 heavy (non-hydrogen) atoms. The summed E-state index contributed by atoms with van der Waals surface area (Å²) in [4.78, 5) is 26.8. The number of nitrogens with zero attached hydrogens (tertiary/aromatic N) is 1. The van der Waals surface area contributed by atoms with Crippen LogP contribution in [0.5, 0.6) is 0 Å². The van der Waals surface area contributed by atoms with E-state index >= 15 is 0 Å². The lowest BCUT2D eigenvalue weighted by Gasteiger charge is -2.30. The number of carbonyl (C=O) groups excluding carboxylic acids is 2. The third kappa shape index (κ3) is 5.12. The molecule has 0 aromatic heterocycles. The van der Waals surface area contributed by atoms with E-state index in [1.807, 2.05) is 54.6 Å². The number of benzene rings is 2. The smallest absolute Gasteiger partial charge is 0.238 e. The van der Waals surface area contributed by atoms with Crippen LogP contribution in [0.25, 0.3) is 0 Å². The van der Waals surface area contributed by atoms with Crippen molar-refractivity contribution >= 4 is 40.0 Å². The number of hydrogen-bond donors (Lipinski definition) is 1. The molecule has 1 N–H and O–H groups in total. The zero-order valence-corrected chi connectivity index (χ0v) is 16.1. The molecule has 3 rings (SSSR count). The number of piperidine rings is 1. The second-order valence-electron chi connectivity index (χ2n) is 6.34. The number of hydrogen-bond acceptors (Lipinski definition) is 3. The summed E-state index contributed by atoms with van der Waals surface area (Å²) in [5.74, 6) is 0.288. The van der Waals surface area contributed by atoms with Crippen molar-refractivity contribution in [1.29, 1.82) is 0 Å². The highest BCUT2D eigenvalue weighted by Gasteiger charge is 2.26. The largest absolute Gasteiger partial charge is 0.325 e. The van der Waals surface area contributed by atoms with Gasteiger partial charge in [-0.15, -0.1) is 0 Å². The van der Waals surface area contributed by atoms with Gasteiger partial charge in [0.25, 0.3) is 0 Å². The minimum Gasteiger partial charge on any atom is -0.325 e. The predicted octanol–water partition coefficient (Wildman–Crippen LogP) is 3.82. The molecular weight excluding hydrogens is 427 g/mol. The Hall–Kier alpha value is -1.73. The Morgan fingerprint density at radius 1 is 1.04 bits per heavy atom. The standard InChI is InChI=1S/C20H21IN2O2/c21-17-7-4-8-18(13-17)22-19(24)14-23-11-9-16(10-12-23)20(25)15-5-2-1-3-6-15/h1-8,13,16H,9-12,14H2,(H,22,24). The number of likely N-dealkylation sites (tertiary alicyclic amines) is 1. The van der Waals surface area contributed by atoms with Crippen LogP contribution in [0.1, 0.15) is 23.2 Å². The molecule has 1 saturated heterocycles. The molecular formula is C20H21IN2O2.